The SMILES string of the molecule is COc1cc(N)nnc1N1CCCS1(=O)=O. The smallest absolute Gasteiger partial charge is 0.236 e. The second-order valence-electron chi connectivity index (χ2n) is 3.40. The quantitative estimate of drug-likeness (QED) is 0.760. The van der Waals surface area contributed by atoms with Gasteiger partial charge in [0.2, 0.25) is 15.8 Å². The van der Waals surface area contributed by atoms with Crippen molar-refractivity contribution in [2.75, 3.05) is 29.4 Å². The number of ether oxygens (including phenoxy) is 1. The minimum atomic E-state index is -3.28. The molecule has 2 heterocycles. The van der Waals surface area contributed by atoms with Gasteiger partial charge in [-0.05, 0) is 6.42 Å². The first-order valence-electron chi connectivity index (χ1n) is 4.72. The summed E-state index contributed by atoms with van der Waals surface area (Å²) in [6.07, 6.45) is 0.581. The van der Waals surface area contributed by atoms with Gasteiger partial charge in [0, 0.05) is 12.6 Å². The molecule has 1 aromatic rings. The summed E-state index contributed by atoms with van der Waals surface area (Å²) in [4.78, 5) is 0. The molecular formula is C8H12N4O3S. The summed E-state index contributed by atoms with van der Waals surface area (Å²) in [5.74, 6) is 0.840. The molecule has 1 aromatic heterocycles. The van der Waals surface area contributed by atoms with Crippen LogP contribution in [0.2, 0.25) is 0 Å². The second kappa shape index (κ2) is 3.78. The zero-order chi connectivity index (χ0) is 11.8. The Morgan fingerprint density at radius 1 is 1.50 bits per heavy atom. The van der Waals surface area contributed by atoms with E-state index in [-0.39, 0.29) is 17.4 Å². The van der Waals surface area contributed by atoms with E-state index in [0.717, 1.165) is 0 Å². The summed E-state index contributed by atoms with van der Waals surface area (Å²) in [5, 5.41) is 7.41. The monoisotopic (exact) mass is 244 g/mol. The summed E-state index contributed by atoms with van der Waals surface area (Å²) in [6.45, 7) is 0.400. The van der Waals surface area contributed by atoms with E-state index in [0.29, 0.717) is 18.7 Å². The lowest BCUT2D eigenvalue weighted by molar-refractivity contribution is 0.413. The molecule has 0 aliphatic carbocycles. The van der Waals surface area contributed by atoms with Crippen LogP contribution in [0.1, 0.15) is 6.42 Å². The Hall–Kier alpha value is -1.57. The van der Waals surface area contributed by atoms with E-state index < -0.39 is 10.0 Å². The van der Waals surface area contributed by atoms with Crippen molar-refractivity contribution in [1.29, 1.82) is 0 Å². The van der Waals surface area contributed by atoms with E-state index >= 15 is 0 Å². The predicted molar refractivity (Wildman–Crippen MR) is 58.7 cm³/mol. The molecule has 1 fully saturated rings. The molecule has 1 saturated heterocycles. The molecular weight excluding hydrogens is 232 g/mol. The summed E-state index contributed by atoms with van der Waals surface area (Å²) in [7, 11) is -1.84. The Kier molecular flexibility index (Phi) is 2.58. The average molecular weight is 244 g/mol. The number of methoxy groups -OCH3 is 1. The van der Waals surface area contributed by atoms with Gasteiger partial charge in [-0.2, -0.15) is 0 Å². The Morgan fingerprint density at radius 3 is 2.81 bits per heavy atom. The Morgan fingerprint density at radius 2 is 2.25 bits per heavy atom. The number of nitrogens with zero attached hydrogens (tertiary/aromatic N) is 3. The Labute approximate surface area is 93.3 Å². The lowest BCUT2D eigenvalue weighted by Crippen LogP contribution is -2.27. The van der Waals surface area contributed by atoms with Crippen LogP contribution in [0.5, 0.6) is 5.75 Å². The minimum Gasteiger partial charge on any atom is -0.493 e. The molecule has 0 aromatic carbocycles. The van der Waals surface area contributed by atoms with Gasteiger partial charge in [0.05, 0.1) is 12.9 Å². The molecule has 0 spiro atoms. The topological polar surface area (TPSA) is 98.4 Å². The van der Waals surface area contributed by atoms with Crippen LogP contribution in [-0.4, -0.2) is 38.0 Å². The van der Waals surface area contributed by atoms with Gasteiger partial charge in [-0.25, -0.2) is 12.7 Å². The fourth-order valence-electron chi connectivity index (χ4n) is 1.58. The van der Waals surface area contributed by atoms with Crippen molar-refractivity contribution < 1.29 is 13.2 Å². The molecule has 2 rings (SSSR count). The van der Waals surface area contributed by atoms with E-state index in [9.17, 15) is 8.42 Å². The molecule has 8 heteroatoms. The normalized spacial score (nSPS) is 18.7. The minimum absolute atomic E-state index is 0.127. The van der Waals surface area contributed by atoms with Crippen molar-refractivity contribution in [1.82, 2.24) is 10.2 Å². The molecule has 0 radical (unpaired) electrons. The molecule has 16 heavy (non-hydrogen) atoms. The zero-order valence-corrected chi connectivity index (χ0v) is 9.57. The standard InChI is InChI=1S/C8H12N4O3S/c1-15-6-5-7(9)10-11-8(6)12-3-2-4-16(12,13)14/h5H,2-4H2,1H3,(H2,9,10). The summed E-state index contributed by atoms with van der Waals surface area (Å²) in [6, 6.07) is 1.45. The zero-order valence-electron chi connectivity index (χ0n) is 8.75. The van der Waals surface area contributed by atoms with E-state index in [1.54, 1.807) is 0 Å². The van der Waals surface area contributed by atoms with E-state index in [2.05, 4.69) is 10.2 Å². The fourth-order valence-corrected chi connectivity index (χ4v) is 3.09. The van der Waals surface area contributed by atoms with Gasteiger partial charge in [0.25, 0.3) is 0 Å². The van der Waals surface area contributed by atoms with Gasteiger partial charge in [-0.3, -0.25) is 0 Å². The van der Waals surface area contributed by atoms with Gasteiger partial charge < -0.3 is 10.5 Å². The number of anilines is 2. The van der Waals surface area contributed by atoms with Crippen molar-refractivity contribution in [2.45, 2.75) is 6.42 Å². The summed E-state index contributed by atoms with van der Waals surface area (Å²) < 4.78 is 29.6. The number of nitrogen functional groups attached to an aromatic ring is 1. The number of rotatable bonds is 2. The van der Waals surface area contributed by atoms with Crippen molar-refractivity contribution in [3.63, 3.8) is 0 Å². The van der Waals surface area contributed by atoms with Crippen LogP contribution in [0.4, 0.5) is 11.6 Å². The Balaban J connectivity index is 2.48. The van der Waals surface area contributed by atoms with Crippen molar-refractivity contribution in [3.8, 4) is 5.75 Å². The van der Waals surface area contributed by atoms with Crippen LogP contribution in [0, 0.1) is 0 Å². The molecule has 7 nitrogen and oxygen atoms in total. The third kappa shape index (κ3) is 1.75. The molecule has 0 atom stereocenters. The second-order valence-corrected chi connectivity index (χ2v) is 5.42. The highest BCUT2D eigenvalue weighted by atomic mass is 32.2. The van der Waals surface area contributed by atoms with Crippen LogP contribution in [0.25, 0.3) is 0 Å². The first kappa shape index (κ1) is 10.9. The summed E-state index contributed by atoms with van der Waals surface area (Å²) in [5.41, 5.74) is 5.45. The first-order valence-corrected chi connectivity index (χ1v) is 6.33. The summed E-state index contributed by atoms with van der Waals surface area (Å²) >= 11 is 0. The molecule has 0 amide bonds. The molecule has 0 unspecified atom stereocenters. The molecule has 0 bridgehead atoms. The van der Waals surface area contributed by atoms with Crippen molar-refractivity contribution in [3.05, 3.63) is 6.07 Å². The van der Waals surface area contributed by atoms with Gasteiger partial charge in [-0.15, -0.1) is 10.2 Å². The maximum atomic E-state index is 11.7. The maximum absolute atomic E-state index is 11.7. The lowest BCUT2D eigenvalue weighted by atomic mass is 10.4. The predicted octanol–water partition coefficient (Wildman–Crippen LogP) is -0.393. The van der Waals surface area contributed by atoms with Crippen LogP contribution in [0.3, 0.4) is 0 Å². The number of sulfonamides is 1. The van der Waals surface area contributed by atoms with E-state index in [1.807, 2.05) is 0 Å². The highest BCUT2D eigenvalue weighted by Crippen LogP contribution is 2.30. The molecule has 2 N–H and O–H groups in total. The van der Waals surface area contributed by atoms with Gasteiger partial charge in [-0.1, -0.05) is 0 Å². The third-order valence-corrected chi connectivity index (χ3v) is 4.15. The number of hydrogen-bond donors (Lipinski definition) is 1. The van der Waals surface area contributed by atoms with E-state index in [1.165, 1.54) is 17.5 Å². The average Bonchev–Trinajstić information content (AvgIpc) is 2.58. The first-order chi connectivity index (χ1) is 7.54. The van der Waals surface area contributed by atoms with Crippen LogP contribution in [-0.2, 0) is 10.0 Å². The number of hydrogen-bond acceptors (Lipinski definition) is 6. The number of aromatic nitrogens is 2. The van der Waals surface area contributed by atoms with Gasteiger partial charge in [0.1, 0.15) is 5.82 Å². The molecule has 1 aliphatic heterocycles. The van der Waals surface area contributed by atoms with Gasteiger partial charge in [0.15, 0.2) is 5.75 Å². The fraction of sp³-hybridized carbons (Fsp3) is 0.500. The lowest BCUT2D eigenvalue weighted by Gasteiger charge is -2.17. The van der Waals surface area contributed by atoms with Crippen molar-refractivity contribution >= 4 is 21.7 Å². The molecule has 88 valence electrons. The largest absolute Gasteiger partial charge is 0.493 e. The third-order valence-electron chi connectivity index (χ3n) is 2.31. The van der Waals surface area contributed by atoms with E-state index in [4.69, 9.17) is 10.5 Å². The van der Waals surface area contributed by atoms with Crippen LogP contribution < -0.4 is 14.8 Å². The molecule has 0 saturated carbocycles. The number of nitrogens with two attached hydrogens (primary N) is 1. The Bertz CT molecular complexity index is 502. The highest BCUT2D eigenvalue weighted by Gasteiger charge is 2.32. The highest BCUT2D eigenvalue weighted by molar-refractivity contribution is 7.93. The van der Waals surface area contributed by atoms with Crippen molar-refractivity contribution in [2.24, 2.45) is 0 Å². The molecule has 1 aliphatic rings. The maximum Gasteiger partial charge on any atom is 0.236 e. The van der Waals surface area contributed by atoms with Gasteiger partial charge >= 0.3 is 0 Å². The van der Waals surface area contributed by atoms with Crippen LogP contribution in [0.15, 0.2) is 6.07 Å². The van der Waals surface area contributed by atoms with Crippen LogP contribution >= 0.6 is 0 Å².